The fraction of sp³-hybridized carbons (Fsp3) is 0.421. The van der Waals surface area contributed by atoms with Crippen molar-refractivity contribution in [2.75, 3.05) is 14.2 Å². The van der Waals surface area contributed by atoms with Gasteiger partial charge in [-0.05, 0) is 24.0 Å². The molecule has 1 aromatic rings. The maximum absolute atomic E-state index is 13.2. The normalized spacial score (nSPS) is 23.9. The molecule has 3 atom stereocenters. The van der Waals surface area contributed by atoms with E-state index in [0.29, 0.717) is 5.70 Å². The Morgan fingerprint density at radius 1 is 1.28 bits per heavy atom. The Hall–Kier alpha value is -3.43. The SMILES string of the molecule is COC(=O)[C@H]1C(=O)C2=C(C[C@H]1C)NC(=O)C[C@H]2c1cc(OC)c(O)c([N+](=O)[O-])c1. The first-order valence-electron chi connectivity index (χ1n) is 8.89. The fourth-order valence-electron chi connectivity index (χ4n) is 3.99. The number of nitrogens with zero attached hydrogens (tertiary/aromatic N) is 1. The van der Waals surface area contributed by atoms with Gasteiger partial charge in [0.05, 0.1) is 19.1 Å². The minimum Gasteiger partial charge on any atom is -0.500 e. The van der Waals surface area contributed by atoms with E-state index in [1.807, 2.05) is 0 Å². The number of phenols is 1. The average molecular weight is 404 g/mol. The molecule has 154 valence electrons. The molecule has 0 spiro atoms. The van der Waals surface area contributed by atoms with Gasteiger partial charge in [-0.25, -0.2) is 0 Å². The average Bonchev–Trinajstić information content (AvgIpc) is 2.66. The van der Waals surface area contributed by atoms with E-state index in [1.165, 1.54) is 20.3 Å². The predicted molar refractivity (Wildman–Crippen MR) is 98.1 cm³/mol. The van der Waals surface area contributed by atoms with Crippen LogP contribution in [0.5, 0.6) is 11.5 Å². The van der Waals surface area contributed by atoms with E-state index in [1.54, 1.807) is 6.92 Å². The third-order valence-corrected chi connectivity index (χ3v) is 5.35. The number of carbonyl (C=O) groups is 3. The third-order valence-electron chi connectivity index (χ3n) is 5.35. The highest BCUT2D eigenvalue weighted by atomic mass is 16.6. The number of nitro benzene ring substituents is 1. The molecule has 0 unspecified atom stereocenters. The summed E-state index contributed by atoms with van der Waals surface area (Å²) in [4.78, 5) is 48.2. The van der Waals surface area contributed by atoms with E-state index in [-0.39, 0.29) is 41.6 Å². The Morgan fingerprint density at radius 2 is 1.97 bits per heavy atom. The van der Waals surface area contributed by atoms with Crippen LogP contribution >= 0.6 is 0 Å². The highest BCUT2D eigenvalue weighted by molar-refractivity contribution is 6.11. The van der Waals surface area contributed by atoms with Gasteiger partial charge in [-0.1, -0.05) is 6.92 Å². The Labute approximate surface area is 165 Å². The molecule has 1 aliphatic carbocycles. The zero-order valence-corrected chi connectivity index (χ0v) is 16.1. The van der Waals surface area contributed by atoms with Crippen molar-refractivity contribution >= 4 is 23.3 Å². The van der Waals surface area contributed by atoms with E-state index in [0.717, 1.165) is 6.07 Å². The lowest BCUT2D eigenvalue weighted by molar-refractivity contribution is -0.386. The number of ether oxygens (including phenoxy) is 2. The Kier molecular flexibility index (Phi) is 5.27. The minimum atomic E-state index is -1.02. The van der Waals surface area contributed by atoms with Gasteiger partial charge < -0.3 is 19.9 Å². The van der Waals surface area contributed by atoms with Crippen LogP contribution < -0.4 is 10.1 Å². The monoisotopic (exact) mass is 404 g/mol. The number of Topliss-reactive ketones (excluding diaryl/α,β-unsaturated/α-hetero) is 1. The van der Waals surface area contributed by atoms with Crippen molar-refractivity contribution in [1.29, 1.82) is 0 Å². The third kappa shape index (κ3) is 3.41. The first kappa shape index (κ1) is 20.3. The summed E-state index contributed by atoms with van der Waals surface area (Å²) in [7, 11) is 2.43. The van der Waals surface area contributed by atoms with Crippen LogP contribution in [0.3, 0.4) is 0 Å². The molecule has 1 heterocycles. The number of carbonyl (C=O) groups excluding carboxylic acids is 3. The van der Waals surface area contributed by atoms with Gasteiger partial charge in [0.2, 0.25) is 11.7 Å². The van der Waals surface area contributed by atoms with Crippen molar-refractivity contribution in [2.24, 2.45) is 11.8 Å². The van der Waals surface area contributed by atoms with Crippen LogP contribution in [-0.4, -0.2) is 41.9 Å². The van der Waals surface area contributed by atoms with Crippen LogP contribution in [0.25, 0.3) is 0 Å². The van der Waals surface area contributed by atoms with Crippen molar-refractivity contribution in [3.63, 3.8) is 0 Å². The number of nitrogens with one attached hydrogen (secondary N) is 1. The van der Waals surface area contributed by atoms with Gasteiger partial charge in [-0.2, -0.15) is 0 Å². The second-order valence-corrected chi connectivity index (χ2v) is 7.09. The molecule has 1 aliphatic heterocycles. The van der Waals surface area contributed by atoms with Crippen LogP contribution in [0.15, 0.2) is 23.4 Å². The largest absolute Gasteiger partial charge is 0.500 e. The van der Waals surface area contributed by atoms with Gasteiger partial charge in [-0.3, -0.25) is 24.5 Å². The van der Waals surface area contributed by atoms with Crippen LogP contribution in [0.4, 0.5) is 5.69 Å². The number of allylic oxidation sites excluding steroid dienone is 2. The number of hydrogen-bond donors (Lipinski definition) is 2. The summed E-state index contributed by atoms with van der Waals surface area (Å²) in [6.45, 7) is 1.72. The van der Waals surface area contributed by atoms with Crippen LogP contribution in [0.2, 0.25) is 0 Å². The first-order chi connectivity index (χ1) is 13.7. The number of benzene rings is 1. The number of phenolic OH excluding ortho intramolecular Hbond substituents is 1. The number of nitro groups is 1. The van der Waals surface area contributed by atoms with Crippen LogP contribution in [-0.2, 0) is 19.1 Å². The van der Waals surface area contributed by atoms with E-state index in [9.17, 15) is 29.6 Å². The maximum Gasteiger partial charge on any atom is 0.316 e. The summed E-state index contributed by atoms with van der Waals surface area (Å²) in [5.41, 5.74) is 0.285. The fourth-order valence-corrected chi connectivity index (χ4v) is 3.99. The van der Waals surface area contributed by atoms with Gasteiger partial charge in [0.15, 0.2) is 11.5 Å². The zero-order chi connectivity index (χ0) is 21.5. The molecule has 0 fully saturated rings. The molecule has 1 aromatic carbocycles. The molecule has 0 saturated heterocycles. The highest BCUT2D eigenvalue weighted by Crippen LogP contribution is 2.46. The second-order valence-electron chi connectivity index (χ2n) is 7.09. The lowest BCUT2D eigenvalue weighted by Gasteiger charge is -2.36. The van der Waals surface area contributed by atoms with Gasteiger partial charge in [0, 0.05) is 29.7 Å². The number of aromatic hydroxyl groups is 1. The van der Waals surface area contributed by atoms with Crippen molar-refractivity contribution < 1.29 is 33.9 Å². The Balaban J connectivity index is 2.17. The van der Waals surface area contributed by atoms with E-state index in [2.05, 4.69) is 5.32 Å². The van der Waals surface area contributed by atoms with Gasteiger partial charge in [0.25, 0.3) is 0 Å². The number of rotatable bonds is 4. The van der Waals surface area contributed by atoms with Crippen LogP contribution in [0, 0.1) is 22.0 Å². The van der Waals surface area contributed by atoms with Crippen molar-refractivity contribution in [3.05, 3.63) is 39.1 Å². The summed E-state index contributed by atoms with van der Waals surface area (Å²) in [6, 6.07) is 2.47. The van der Waals surface area contributed by atoms with Crippen LogP contribution in [0.1, 0.15) is 31.2 Å². The molecule has 0 radical (unpaired) electrons. The molecule has 3 rings (SSSR count). The molecular formula is C19H20N2O8. The topological polar surface area (TPSA) is 145 Å². The molecule has 0 aromatic heterocycles. The highest BCUT2D eigenvalue weighted by Gasteiger charge is 2.46. The van der Waals surface area contributed by atoms with E-state index in [4.69, 9.17) is 9.47 Å². The number of methoxy groups -OCH3 is 2. The zero-order valence-electron chi connectivity index (χ0n) is 16.1. The summed E-state index contributed by atoms with van der Waals surface area (Å²) >= 11 is 0. The van der Waals surface area contributed by atoms with E-state index >= 15 is 0 Å². The number of amides is 1. The molecule has 1 amide bonds. The first-order valence-corrected chi connectivity index (χ1v) is 8.89. The van der Waals surface area contributed by atoms with Gasteiger partial charge in [0.1, 0.15) is 5.92 Å². The molecule has 10 heteroatoms. The molecule has 2 aliphatic rings. The van der Waals surface area contributed by atoms with Gasteiger partial charge >= 0.3 is 11.7 Å². The lowest BCUT2D eigenvalue weighted by atomic mass is 9.70. The van der Waals surface area contributed by atoms with E-state index < -0.39 is 39.9 Å². The number of ketones is 1. The quantitative estimate of drug-likeness (QED) is 0.333. The molecule has 0 bridgehead atoms. The molecule has 10 nitrogen and oxygen atoms in total. The summed E-state index contributed by atoms with van der Waals surface area (Å²) in [5.74, 6) is -4.51. The second kappa shape index (κ2) is 7.53. The lowest BCUT2D eigenvalue weighted by Crippen LogP contribution is -2.44. The van der Waals surface area contributed by atoms with Crippen molar-refractivity contribution in [3.8, 4) is 11.5 Å². The predicted octanol–water partition coefficient (Wildman–Crippen LogP) is 1.56. The van der Waals surface area contributed by atoms with Crippen molar-refractivity contribution in [1.82, 2.24) is 5.32 Å². The smallest absolute Gasteiger partial charge is 0.316 e. The Morgan fingerprint density at radius 3 is 2.55 bits per heavy atom. The minimum absolute atomic E-state index is 0.141. The summed E-state index contributed by atoms with van der Waals surface area (Å²) < 4.78 is 9.78. The summed E-state index contributed by atoms with van der Waals surface area (Å²) in [5, 5.41) is 24.0. The molecule has 2 N–H and O–H groups in total. The van der Waals surface area contributed by atoms with Gasteiger partial charge in [-0.15, -0.1) is 0 Å². The summed E-state index contributed by atoms with van der Waals surface area (Å²) in [6.07, 6.45) is 0.137. The number of esters is 1. The molecule has 0 saturated carbocycles. The number of hydrogen-bond acceptors (Lipinski definition) is 8. The molecular weight excluding hydrogens is 384 g/mol. The Bertz CT molecular complexity index is 952. The maximum atomic E-state index is 13.2. The standard InChI is InChI=1S/C19H20N2O8/c1-8-4-11-16(18(24)15(8)19(25)29-3)10(7-14(22)20-11)9-5-12(21(26)27)17(23)13(6-9)28-2/h5-6,8,10,15,23H,4,7H2,1-3H3,(H,20,22)/t8-,10+,15-/m1/s1. The molecule has 29 heavy (non-hydrogen) atoms. The van der Waals surface area contributed by atoms with Crippen molar-refractivity contribution in [2.45, 2.75) is 25.7 Å².